The molecule has 0 aromatic carbocycles. The number of nitrogens with zero attached hydrogens (tertiary/aromatic N) is 1. The molecule has 20 heavy (non-hydrogen) atoms. The first kappa shape index (κ1) is 17.3. The Balaban J connectivity index is 2.50. The van der Waals surface area contributed by atoms with Gasteiger partial charge in [0.1, 0.15) is 5.84 Å². The molecule has 1 aliphatic rings. The predicted octanol–water partition coefficient (Wildman–Crippen LogP) is 3.34. The van der Waals surface area contributed by atoms with Crippen LogP contribution in [-0.4, -0.2) is 23.6 Å². The highest BCUT2D eigenvalue weighted by Crippen LogP contribution is 2.45. The van der Waals surface area contributed by atoms with Gasteiger partial charge in [-0.15, -0.1) is 0 Å². The molecule has 4 nitrogen and oxygen atoms in total. The van der Waals surface area contributed by atoms with Crippen LogP contribution in [0.25, 0.3) is 0 Å². The zero-order valence-electron chi connectivity index (χ0n) is 14.1. The number of rotatable bonds is 5. The van der Waals surface area contributed by atoms with Gasteiger partial charge >= 0.3 is 0 Å². The molecule has 0 heterocycles. The van der Waals surface area contributed by atoms with Gasteiger partial charge in [0.05, 0.1) is 0 Å². The molecular formula is C16H33N3O. The Bertz CT molecular complexity index is 343. The molecule has 0 saturated heterocycles. The Morgan fingerprint density at radius 1 is 1.25 bits per heavy atom. The van der Waals surface area contributed by atoms with Crippen LogP contribution in [0.2, 0.25) is 0 Å². The maximum absolute atomic E-state index is 8.80. The Morgan fingerprint density at radius 3 is 2.20 bits per heavy atom. The summed E-state index contributed by atoms with van der Waals surface area (Å²) in [6, 6.07) is 0.567. The highest BCUT2D eigenvalue weighted by atomic mass is 16.4. The first-order valence-corrected chi connectivity index (χ1v) is 7.69. The Kier molecular flexibility index (Phi) is 5.12. The van der Waals surface area contributed by atoms with Crippen LogP contribution in [0.1, 0.15) is 67.2 Å². The number of hydrogen-bond donors (Lipinski definition) is 3. The lowest BCUT2D eigenvalue weighted by Gasteiger charge is -2.45. The van der Waals surface area contributed by atoms with Crippen LogP contribution in [0.3, 0.4) is 0 Å². The molecule has 1 saturated carbocycles. The molecule has 0 atom stereocenters. The van der Waals surface area contributed by atoms with Gasteiger partial charge in [0.25, 0.3) is 0 Å². The molecule has 0 aromatic heterocycles. The van der Waals surface area contributed by atoms with Crippen molar-refractivity contribution in [2.24, 2.45) is 27.1 Å². The van der Waals surface area contributed by atoms with Crippen molar-refractivity contribution in [3.8, 4) is 0 Å². The Labute approximate surface area is 124 Å². The quantitative estimate of drug-likeness (QED) is 0.314. The minimum Gasteiger partial charge on any atom is -0.409 e. The second-order valence-corrected chi connectivity index (χ2v) is 8.68. The van der Waals surface area contributed by atoms with E-state index in [0.29, 0.717) is 22.7 Å². The Morgan fingerprint density at radius 2 is 1.75 bits per heavy atom. The van der Waals surface area contributed by atoms with Crippen molar-refractivity contribution >= 4 is 5.84 Å². The smallest absolute Gasteiger partial charge is 0.144 e. The normalized spacial score (nSPS) is 23.8. The highest BCUT2D eigenvalue weighted by Gasteiger charge is 2.38. The predicted molar refractivity (Wildman–Crippen MR) is 85.0 cm³/mol. The van der Waals surface area contributed by atoms with Gasteiger partial charge in [-0.1, -0.05) is 46.7 Å². The summed E-state index contributed by atoms with van der Waals surface area (Å²) in [6.07, 6.45) is 4.61. The fourth-order valence-electron chi connectivity index (χ4n) is 3.84. The molecule has 0 radical (unpaired) electrons. The van der Waals surface area contributed by atoms with Crippen LogP contribution < -0.4 is 11.1 Å². The van der Waals surface area contributed by atoms with E-state index in [9.17, 15) is 0 Å². The van der Waals surface area contributed by atoms with Gasteiger partial charge in [-0.25, -0.2) is 0 Å². The lowest BCUT2D eigenvalue weighted by Crippen LogP contribution is -2.45. The third kappa shape index (κ3) is 4.97. The summed E-state index contributed by atoms with van der Waals surface area (Å²) in [5.74, 6) is 0.309. The van der Waals surface area contributed by atoms with Gasteiger partial charge in [-0.05, 0) is 43.1 Å². The van der Waals surface area contributed by atoms with E-state index < -0.39 is 0 Å². The number of amidine groups is 1. The maximum Gasteiger partial charge on any atom is 0.144 e. The largest absolute Gasteiger partial charge is 0.409 e. The van der Waals surface area contributed by atoms with E-state index >= 15 is 0 Å². The van der Waals surface area contributed by atoms with Gasteiger partial charge in [-0.3, -0.25) is 0 Å². The SMILES string of the molecule is CC1(C)CC(NCCC(C)(C)C(N)=NO)CC(C)(C)C1. The fourth-order valence-corrected chi connectivity index (χ4v) is 3.84. The molecule has 118 valence electrons. The topological polar surface area (TPSA) is 70.6 Å². The van der Waals surface area contributed by atoms with Crippen LogP contribution >= 0.6 is 0 Å². The molecule has 0 amide bonds. The number of hydrogen-bond acceptors (Lipinski definition) is 3. The lowest BCUT2D eigenvalue weighted by atomic mass is 9.63. The maximum atomic E-state index is 8.80. The van der Waals surface area contributed by atoms with E-state index in [2.05, 4.69) is 38.2 Å². The molecule has 0 spiro atoms. The van der Waals surface area contributed by atoms with Crippen LogP contribution in [0.15, 0.2) is 5.16 Å². The second-order valence-electron chi connectivity index (χ2n) is 8.68. The van der Waals surface area contributed by atoms with Crippen molar-refractivity contribution < 1.29 is 5.21 Å². The summed E-state index contributed by atoms with van der Waals surface area (Å²) in [7, 11) is 0. The van der Waals surface area contributed by atoms with E-state index in [1.165, 1.54) is 19.3 Å². The zero-order valence-corrected chi connectivity index (χ0v) is 14.1. The second kappa shape index (κ2) is 5.92. The van der Waals surface area contributed by atoms with E-state index in [1.807, 2.05) is 13.8 Å². The minimum atomic E-state index is -0.262. The van der Waals surface area contributed by atoms with Crippen molar-refractivity contribution in [2.45, 2.75) is 73.3 Å². The standard InChI is InChI=1S/C16H33N3O/c1-14(2)9-12(10-15(3,4)11-14)18-8-7-16(5,6)13(17)19-20/h12,18,20H,7-11H2,1-6H3,(H2,17,19). The van der Waals surface area contributed by atoms with Crippen molar-refractivity contribution in [1.29, 1.82) is 0 Å². The summed E-state index contributed by atoms with van der Waals surface area (Å²) in [4.78, 5) is 0. The zero-order chi connectivity index (χ0) is 15.6. The van der Waals surface area contributed by atoms with Crippen molar-refractivity contribution in [2.75, 3.05) is 6.54 Å². The van der Waals surface area contributed by atoms with Crippen molar-refractivity contribution in [3.63, 3.8) is 0 Å². The van der Waals surface area contributed by atoms with Crippen molar-refractivity contribution in [1.82, 2.24) is 5.32 Å². The molecule has 1 rings (SSSR count). The number of nitrogens with two attached hydrogens (primary N) is 1. The molecule has 0 unspecified atom stereocenters. The van der Waals surface area contributed by atoms with Crippen LogP contribution in [0.5, 0.6) is 0 Å². The summed E-state index contributed by atoms with van der Waals surface area (Å²) in [6.45, 7) is 14.4. The van der Waals surface area contributed by atoms with Crippen LogP contribution in [-0.2, 0) is 0 Å². The van der Waals surface area contributed by atoms with E-state index in [-0.39, 0.29) is 5.41 Å². The van der Waals surface area contributed by atoms with E-state index in [4.69, 9.17) is 10.9 Å². The molecule has 4 N–H and O–H groups in total. The molecule has 0 aromatic rings. The summed E-state index contributed by atoms with van der Waals surface area (Å²) in [5, 5.41) is 15.6. The Hall–Kier alpha value is -0.770. The van der Waals surface area contributed by atoms with Crippen LogP contribution in [0.4, 0.5) is 0 Å². The van der Waals surface area contributed by atoms with E-state index in [1.54, 1.807) is 0 Å². The number of oxime groups is 1. The van der Waals surface area contributed by atoms with Gasteiger partial charge in [-0.2, -0.15) is 0 Å². The van der Waals surface area contributed by atoms with E-state index in [0.717, 1.165) is 13.0 Å². The first-order valence-electron chi connectivity index (χ1n) is 7.69. The van der Waals surface area contributed by atoms with Gasteiger partial charge in [0.2, 0.25) is 0 Å². The summed E-state index contributed by atoms with van der Waals surface area (Å²) < 4.78 is 0. The fraction of sp³-hybridized carbons (Fsp3) is 0.938. The summed E-state index contributed by atoms with van der Waals surface area (Å²) >= 11 is 0. The highest BCUT2D eigenvalue weighted by molar-refractivity contribution is 5.85. The molecule has 4 heteroatoms. The monoisotopic (exact) mass is 283 g/mol. The van der Waals surface area contributed by atoms with Crippen LogP contribution in [0, 0.1) is 16.2 Å². The van der Waals surface area contributed by atoms with Gasteiger partial charge < -0.3 is 16.3 Å². The molecule has 1 fully saturated rings. The lowest BCUT2D eigenvalue weighted by molar-refractivity contribution is 0.0844. The molecule has 0 aliphatic heterocycles. The van der Waals surface area contributed by atoms with Crippen molar-refractivity contribution in [3.05, 3.63) is 0 Å². The first-order chi connectivity index (χ1) is 8.97. The summed E-state index contributed by atoms with van der Waals surface area (Å²) in [5.41, 5.74) is 6.27. The molecule has 0 bridgehead atoms. The number of nitrogens with one attached hydrogen (secondary N) is 1. The molecule has 1 aliphatic carbocycles. The van der Waals surface area contributed by atoms with Gasteiger partial charge in [0, 0.05) is 11.5 Å². The average molecular weight is 283 g/mol. The minimum absolute atomic E-state index is 0.262. The third-order valence-electron chi connectivity index (χ3n) is 4.54. The third-order valence-corrected chi connectivity index (χ3v) is 4.54. The van der Waals surface area contributed by atoms with Gasteiger partial charge in [0.15, 0.2) is 0 Å². The average Bonchev–Trinajstić information content (AvgIpc) is 2.23. The molecular weight excluding hydrogens is 250 g/mol.